The molecule has 0 aliphatic heterocycles. The van der Waals surface area contributed by atoms with E-state index in [-0.39, 0.29) is 0 Å². The van der Waals surface area contributed by atoms with Crippen LogP contribution < -0.4 is 10.6 Å². The Bertz CT molecular complexity index is 383. The lowest BCUT2D eigenvalue weighted by atomic mass is 9.85. The van der Waals surface area contributed by atoms with E-state index < -0.39 is 0 Å². The second-order valence-electron chi connectivity index (χ2n) is 5.50. The summed E-state index contributed by atoms with van der Waals surface area (Å²) in [5, 5.41) is 0. The predicted octanol–water partition coefficient (Wildman–Crippen LogP) is 3.12. The fraction of sp³-hybridized carbons (Fsp3) is 0.625. The van der Waals surface area contributed by atoms with Crippen molar-refractivity contribution in [3.63, 3.8) is 0 Å². The van der Waals surface area contributed by atoms with Crippen molar-refractivity contribution >= 4 is 5.69 Å². The van der Waals surface area contributed by atoms with Gasteiger partial charge in [0.1, 0.15) is 0 Å². The molecule has 1 aliphatic carbocycles. The third-order valence-electron chi connectivity index (χ3n) is 4.12. The summed E-state index contributed by atoms with van der Waals surface area (Å²) in [5.41, 5.74) is 9.77. The predicted molar refractivity (Wildman–Crippen MR) is 79.2 cm³/mol. The van der Waals surface area contributed by atoms with Crippen LogP contribution in [0.25, 0.3) is 0 Å². The van der Waals surface area contributed by atoms with Crippen LogP contribution in [0.1, 0.15) is 37.3 Å². The molecule has 0 heterocycles. The Morgan fingerprint density at radius 1 is 1.33 bits per heavy atom. The molecule has 1 aliphatic rings. The molecule has 2 heteroatoms. The van der Waals surface area contributed by atoms with Gasteiger partial charge in [0.25, 0.3) is 0 Å². The third-order valence-corrected chi connectivity index (χ3v) is 4.12. The molecule has 2 nitrogen and oxygen atoms in total. The molecule has 0 radical (unpaired) electrons. The molecule has 0 bridgehead atoms. The molecular weight excluding hydrogens is 220 g/mol. The zero-order chi connectivity index (χ0) is 13.0. The normalized spacial score (nSPS) is 15.5. The van der Waals surface area contributed by atoms with Gasteiger partial charge in [-0.3, -0.25) is 0 Å². The second-order valence-corrected chi connectivity index (χ2v) is 5.50. The Balaban J connectivity index is 2.09. The van der Waals surface area contributed by atoms with E-state index in [0.717, 1.165) is 25.4 Å². The lowest BCUT2D eigenvalue weighted by Crippen LogP contribution is -2.32. The van der Waals surface area contributed by atoms with Crippen LogP contribution in [0.3, 0.4) is 0 Å². The molecule has 18 heavy (non-hydrogen) atoms. The van der Waals surface area contributed by atoms with Crippen molar-refractivity contribution in [1.29, 1.82) is 0 Å². The molecule has 0 saturated heterocycles. The lowest BCUT2D eigenvalue weighted by molar-refractivity contribution is 0.318. The molecule has 0 amide bonds. The highest BCUT2D eigenvalue weighted by atomic mass is 15.1. The van der Waals surface area contributed by atoms with Crippen LogP contribution in [-0.2, 0) is 6.42 Å². The number of benzene rings is 1. The quantitative estimate of drug-likeness (QED) is 0.835. The molecular formula is C16H26N2. The number of rotatable bonds is 6. The maximum Gasteiger partial charge on any atom is 0.0396 e. The topological polar surface area (TPSA) is 29.3 Å². The molecule has 2 N–H and O–H groups in total. The Labute approximate surface area is 111 Å². The van der Waals surface area contributed by atoms with E-state index in [1.165, 1.54) is 42.6 Å². The molecule has 1 saturated carbocycles. The monoisotopic (exact) mass is 246 g/mol. The first-order chi connectivity index (χ1) is 8.74. The van der Waals surface area contributed by atoms with Crippen molar-refractivity contribution < 1.29 is 0 Å². The third kappa shape index (κ3) is 3.05. The van der Waals surface area contributed by atoms with Gasteiger partial charge in [0.15, 0.2) is 0 Å². The summed E-state index contributed by atoms with van der Waals surface area (Å²) in [6, 6.07) is 6.81. The summed E-state index contributed by atoms with van der Waals surface area (Å²) < 4.78 is 0. The van der Waals surface area contributed by atoms with E-state index >= 15 is 0 Å². The molecule has 1 aromatic carbocycles. The van der Waals surface area contributed by atoms with Crippen LogP contribution in [0.2, 0.25) is 0 Å². The second kappa shape index (κ2) is 6.24. The van der Waals surface area contributed by atoms with E-state index in [4.69, 9.17) is 5.73 Å². The number of hydrogen-bond donors (Lipinski definition) is 1. The van der Waals surface area contributed by atoms with Crippen molar-refractivity contribution in [2.45, 2.75) is 39.5 Å². The number of anilines is 1. The summed E-state index contributed by atoms with van der Waals surface area (Å²) in [4.78, 5) is 2.53. The van der Waals surface area contributed by atoms with Crippen molar-refractivity contribution in [3.05, 3.63) is 29.3 Å². The number of aryl methyl sites for hydroxylation is 1. The van der Waals surface area contributed by atoms with Crippen molar-refractivity contribution in [2.75, 3.05) is 24.5 Å². The molecule has 0 unspecified atom stereocenters. The molecule has 0 atom stereocenters. The molecule has 2 rings (SSSR count). The minimum atomic E-state index is 0.734. The van der Waals surface area contributed by atoms with Crippen molar-refractivity contribution in [3.8, 4) is 0 Å². The zero-order valence-electron chi connectivity index (χ0n) is 11.8. The van der Waals surface area contributed by atoms with Gasteiger partial charge in [0, 0.05) is 18.8 Å². The van der Waals surface area contributed by atoms with Crippen LogP contribution in [-0.4, -0.2) is 19.6 Å². The fourth-order valence-electron chi connectivity index (χ4n) is 2.78. The van der Waals surface area contributed by atoms with Crippen LogP contribution in [0.4, 0.5) is 5.69 Å². The van der Waals surface area contributed by atoms with Gasteiger partial charge in [-0.25, -0.2) is 0 Å². The van der Waals surface area contributed by atoms with Gasteiger partial charge in [-0.05, 0) is 62.8 Å². The largest absolute Gasteiger partial charge is 0.371 e. The van der Waals surface area contributed by atoms with Gasteiger partial charge < -0.3 is 10.6 Å². The first kappa shape index (κ1) is 13.4. The maximum absolute atomic E-state index is 5.62. The first-order valence-corrected chi connectivity index (χ1v) is 7.29. The van der Waals surface area contributed by atoms with Crippen molar-refractivity contribution in [2.24, 2.45) is 11.7 Å². The zero-order valence-corrected chi connectivity index (χ0v) is 11.8. The smallest absolute Gasteiger partial charge is 0.0396 e. The van der Waals surface area contributed by atoms with Crippen molar-refractivity contribution in [1.82, 2.24) is 0 Å². The molecule has 0 aromatic heterocycles. The van der Waals surface area contributed by atoms with E-state index in [2.05, 4.69) is 36.9 Å². The van der Waals surface area contributed by atoms with Crippen LogP contribution in [0, 0.1) is 12.8 Å². The standard InChI is InChI=1S/C16H26N2/c1-3-18(12-15-5-4-6-15)16-8-7-14(9-10-17)11-13(16)2/h7-8,11,15H,3-6,9-10,12,17H2,1-2H3. The summed E-state index contributed by atoms with van der Waals surface area (Å²) in [7, 11) is 0. The van der Waals surface area contributed by atoms with Crippen LogP contribution >= 0.6 is 0 Å². The van der Waals surface area contributed by atoms with E-state index in [0.29, 0.717) is 0 Å². The highest BCUT2D eigenvalue weighted by molar-refractivity contribution is 5.54. The summed E-state index contributed by atoms with van der Waals surface area (Å²) in [6.45, 7) is 7.55. The van der Waals surface area contributed by atoms with Gasteiger partial charge >= 0.3 is 0 Å². The Morgan fingerprint density at radius 3 is 2.61 bits per heavy atom. The summed E-state index contributed by atoms with van der Waals surface area (Å²) in [5.74, 6) is 0.924. The van der Waals surface area contributed by atoms with E-state index in [1.54, 1.807) is 0 Å². The first-order valence-electron chi connectivity index (χ1n) is 7.29. The number of nitrogens with two attached hydrogens (primary N) is 1. The average molecular weight is 246 g/mol. The molecule has 1 fully saturated rings. The van der Waals surface area contributed by atoms with Gasteiger partial charge in [0.05, 0.1) is 0 Å². The van der Waals surface area contributed by atoms with E-state index in [1.807, 2.05) is 0 Å². The van der Waals surface area contributed by atoms with Gasteiger partial charge in [0.2, 0.25) is 0 Å². The van der Waals surface area contributed by atoms with Crippen LogP contribution in [0.5, 0.6) is 0 Å². The Kier molecular flexibility index (Phi) is 4.65. The van der Waals surface area contributed by atoms with Gasteiger partial charge in [-0.15, -0.1) is 0 Å². The van der Waals surface area contributed by atoms with E-state index in [9.17, 15) is 0 Å². The SMILES string of the molecule is CCN(CC1CCC1)c1ccc(CCN)cc1C. The lowest BCUT2D eigenvalue weighted by Gasteiger charge is -2.34. The average Bonchev–Trinajstić information content (AvgIpc) is 2.30. The molecule has 1 aromatic rings. The highest BCUT2D eigenvalue weighted by Gasteiger charge is 2.20. The highest BCUT2D eigenvalue weighted by Crippen LogP contribution is 2.30. The summed E-state index contributed by atoms with van der Waals surface area (Å²) in [6.07, 6.45) is 5.24. The van der Waals surface area contributed by atoms with Crippen LogP contribution in [0.15, 0.2) is 18.2 Å². The Hall–Kier alpha value is -1.02. The number of nitrogens with zero attached hydrogens (tertiary/aromatic N) is 1. The summed E-state index contributed by atoms with van der Waals surface area (Å²) >= 11 is 0. The molecule has 0 spiro atoms. The minimum absolute atomic E-state index is 0.734. The van der Waals surface area contributed by atoms with Gasteiger partial charge in [-0.2, -0.15) is 0 Å². The maximum atomic E-state index is 5.62. The Morgan fingerprint density at radius 2 is 2.11 bits per heavy atom. The minimum Gasteiger partial charge on any atom is -0.371 e. The van der Waals surface area contributed by atoms with Gasteiger partial charge in [-0.1, -0.05) is 18.6 Å². The molecule has 100 valence electrons. The number of hydrogen-bond acceptors (Lipinski definition) is 2. The fourth-order valence-corrected chi connectivity index (χ4v) is 2.78.